The van der Waals surface area contributed by atoms with Gasteiger partial charge in [0.1, 0.15) is 16.0 Å². The molecule has 0 saturated heterocycles. The summed E-state index contributed by atoms with van der Waals surface area (Å²) in [5.41, 5.74) is 1.18. The van der Waals surface area contributed by atoms with Crippen molar-refractivity contribution in [3.05, 3.63) is 76.6 Å². The van der Waals surface area contributed by atoms with Gasteiger partial charge in [-0.25, -0.2) is 8.42 Å². The molecule has 0 aliphatic rings. The van der Waals surface area contributed by atoms with Crippen LogP contribution in [-0.2, 0) is 21.2 Å². The lowest BCUT2D eigenvalue weighted by molar-refractivity contribution is -0.117. The van der Waals surface area contributed by atoms with Crippen LogP contribution in [0.3, 0.4) is 0 Å². The van der Waals surface area contributed by atoms with Gasteiger partial charge in [0.2, 0.25) is 5.91 Å². The van der Waals surface area contributed by atoms with Gasteiger partial charge in [0.05, 0.1) is 12.8 Å². The molecule has 3 aromatic rings. The van der Waals surface area contributed by atoms with Crippen molar-refractivity contribution in [3.63, 3.8) is 0 Å². The highest BCUT2D eigenvalue weighted by molar-refractivity contribution is 7.91. The fraction of sp³-hybridized carbons (Fsp3) is 0.150. The predicted molar refractivity (Wildman–Crippen MR) is 115 cm³/mol. The number of nitrogens with one attached hydrogen (secondary N) is 2. The standard InChI is InChI=1S/C20H19ClN2O4S2/c1-27-18-10-9-15(21)13-16(18)22-20(24)17(12-14-6-3-2-4-7-14)23-29(25,26)19-8-5-11-28-19/h2-11,13,17,23H,12H2,1H3,(H,22,24). The first kappa shape index (κ1) is 21.3. The molecule has 0 spiro atoms. The zero-order chi connectivity index (χ0) is 20.9. The molecule has 3 rings (SSSR count). The Hall–Kier alpha value is -2.39. The smallest absolute Gasteiger partial charge is 0.250 e. The van der Waals surface area contributed by atoms with Crippen molar-refractivity contribution < 1.29 is 17.9 Å². The second-order valence-electron chi connectivity index (χ2n) is 6.13. The Morgan fingerprint density at radius 3 is 2.55 bits per heavy atom. The summed E-state index contributed by atoms with van der Waals surface area (Å²) in [6.07, 6.45) is 0.181. The lowest BCUT2D eigenvalue weighted by atomic mass is 10.1. The summed E-state index contributed by atoms with van der Waals surface area (Å²) < 4.78 is 33.3. The van der Waals surface area contributed by atoms with Crippen LogP contribution in [-0.4, -0.2) is 27.5 Å². The number of benzene rings is 2. The van der Waals surface area contributed by atoms with Crippen molar-refractivity contribution in [2.45, 2.75) is 16.7 Å². The highest BCUT2D eigenvalue weighted by atomic mass is 35.5. The molecule has 1 atom stereocenters. The van der Waals surface area contributed by atoms with Gasteiger partial charge in [-0.3, -0.25) is 4.79 Å². The van der Waals surface area contributed by atoms with E-state index in [9.17, 15) is 13.2 Å². The van der Waals surface area contributed by atoms with Gasteiger partial charge in [-0.15, -0.1) is 11.3 Å². The molecule has 0 saturated carbocycles. The molecule has 1 aromatic heterocycles. The van der Waals surface area contributed by atoms with E-state index in [0.29, 0.717) is 16.5 Å². The number of thiophene rings is 1. The van der Waals surface area contributed by atoms with Crippen molar-refractivity contribution in [3.8, 4) is 5.75 Å². The third-order valence-electron chi connectivity index (χ3n) is 4.08. The van der Waals surface area contributed by atoms with Crippen molar-refractivity contribution >= 4 is 44.6 Å². The molecule has 2 aromatic carbocycles. The highest BCUT2D eigenvalue weighted by Crippen LogP contribution is 2.28. The molecule has 0 aliphatic heterocycles. The number of halogens is 1. The van der Waals surface area contributed by atoms with Crippen LogP contribution in [0.4, 0.5) is 5.69 Å². The summed E-state index contributed by atoms with van der Waals surface area (Å²) in [5, 5.41) is 4.80. The molecular weight excluding hydrogens is 432 g/mol. The molecule has 0 radical (unpaired) electrons. The Morgan fingerprint density at radius 1 is 1.14 bits per heavy atom. The monoisotopic (exact) mass is 450 g/mol. The van der Waals surface area contributed by atoms with Crippen molar-refractivity contribution in [1.29, 1.82) is 0 Å². The fourth-order valence-electron chi connectivity index (χ4n) is 2.70. The van der Waals surface area contributed by atoms with E-state index in [2.05, 4.69) is 10.0 Å². The van der Waals surface area contributed by atoms with Gasteiger partial charge in [-0.05, 0) is 41.6 Å². The molecule has 1 amide bonds. The summed E-state index contributed by atoms with van der Waals surface area (Å²) in [6.45, 7) is 0. The van der Waals surface area contributed by atoms with Crippen LogP contribution in [0, 0.1) is 0 Å². The first-order chi connectivity index (χ1) is 13.9. The van der Waals surface area contributed by atoms with E-state index >= 15 is 0 Å². The zero-order valence-corrected chi connectivity index (χ0v) is 17.9. The average molecular weight is 451 g/mol. The number of anilines is 1. The first-order valence-electron chi connectivity index (χ1n) is 8.63. The van der Waals surface area contributed by atoms with Crippen LogP contribution in [0.2, 0.25) is 5.02 Å². The highest BCUT2D eigenvalue weighted by Gasteiger charge is 2.27. The Morgan fingerprint density at radius 2 is 1.90 bits per heavy atom. The SMILES string of the molecule is COc1ccc(Cl)cc1NC(=O)C(Cc1ccccc1)NS(=O)(=O)c1cccs1. The average Bonchev–Trinajstić information content (AvgIpc) is 3.24. The summed E-state index contributed by atoms with van der Waals surface area (Å²) in [4.78, 5) is 13.0. The molecule has 1 heterocycles. The van der Waals surface area contributed by atoms with E-state index in [0.717, 1.165) is 16.9 Å². The maximum absolute atomic E-state index is 13.0. The Kier molecular flexibility index (Phi) is 6.92. The fourth-order valence-corrected chi connectivity index (χ4v) is 5.07. The van der Waals surface area contributed by atoms with E-state index in [1.807, 2.05) is 30.3 Å². The zero-order valence-electron chi connectivity index (χ0n) is 15.5. The van der Waals surface area contributed by atoms with Crippen LogP contribution in [0.5, 0.6) is 5.75 Å². The number of hydrogen-bond acceptors (Lipinski definition) is 5. The van der Waals surface area contributed by atoms with Gasteiger partial charge < -0.3 is 10.1 Å². The minimum atomic E-state index is -3.85. The molecule has 1 unspecified atom stereocenters. The summed E-state index contributed by atoms with van der Waals surface area (Å²) in [5.74, 6) is -0.100. The lowest BCUT2D eigenvalue weighted by Gasteiger charge is -2.19. The van der Waals surface area contributed by atoms with Gasteiger partial charge in [-0.2, -0.15) is 4.72 Å². The maximum Gasteiger partial charge on any atom is 0.250 e. The Balaban J connectivity index is 1.88. The van der Waals surface area contributed by atoms with Gasteiger partial charge in [-0.1, -0.05) is 48.0 Å². The lowest BCUT2D eigenvalue weighted by Crippen LogP contribution is -2.45. The number of carbonyl (C=O) groups is 1. The molecule has 152 valence electrons. The van der Waals surface area contributed by atoms with Gasteiger partial charge in [0, 0.05) is 5.02 Å². The largest absolute Gasteiger partial charge is 0.495 e. The number of rotatable bonds is 8. The van der Waals surface area contributed by atoms with Gasteiger partial charge >= 0.3 is 0 Å². The van der Waals surface area contributed by atoms with E-state index < -0.39 is 22.0 Å². The van der Waals surface area contributed by atoms with Crippen LogP contribution in [0.25, 0.3) is 0 Å². The van der Waals surface area contributed by atoms with Crippen molar-refractivity contribution in [2.75, 3.05) is 12.4 Å². The molecule has 0 aliphatic carbocycles. The molecule has 9 heteroatoms. The third kappa shape index (κ3) is 5.57. The minimum Gasteiger partial charge on any atom is -0.495 e. The number of hydrogen-bond donors (Lipinski definition) is 2. The quantitative estimate of drug-likeness (QED) is 0.544. The van der Waals surface area contributed by atoms with Crippen LogP contribution >= 0.6 is 22.9 Å². The van der Waals surface area contributed by atoms with Crippen LogP contribution in [0.15, 0.2) is 70.3 Å². The number of carbonyl (C=O) groups excluding carboxylic acids is 1. The van der Waals surface area contributed by atoms with E-state index in [4.69, 9.17) is 16.3 Å². The normalized spacial score (nSPS) is 12.3. The summed E-state index contributed by atoms with van der Waals surface area (Å²) in [6, 6.07) is 16.1. The molecule has 0 bridgehead atoms. The van der Waals surface area contributed by atoms with Gasteiger partial charge in [0.25, 0.3) is 10.0 Å². The maximum atomic E-state index is 13.0. The topological polar surface area (TPSA) is 84.5 Å². The second-order valence-corrected chi connectivity index (χ2v) is 9.45. The van der Waals surface area contributed by atoms with Crippen molar-refractivity contribution in [1.82, 2.24) is 4.72 Å². The number of amides is 1. The minimum absolute atomic E-state index is 0.142. The second kappa shape index (κ2) is 9.41. The number of ether oxygens (including phenoxy) is 1. The van der Waals surface area contributed by atoms with Gasteiger partial charge in [0.15, 0.2) is 0 Å². The Bertz CT molecular complexity index is 1070. The molecule has 29 heavy (non-hydrogen) atoms. The van der Waals surface area contributed by atoms with Crippen LogP contribution in [0.1, 0.15) is 5.56 Å². The molecular formula is C20H19ClN2O4S2. The molecule has 0 fully saturated rings. The predicted octanol–water partition coefficient (Wildman–Crippen LogP) is 3.94. The number of sulfonamides is 1. The molecule has 2 N–H and O–H groups in total. The van der Waals surface area contributed by atoms with E-state index in [1.165, 1.54) is 13.2 Å². The third-order valence-corrected chi connectivity index (χ3v) is 7.18. The molecule has 6 nitrogen and oxygen atoms in total. The van der Waals surface area contributed by atoms with E-state index in [1.54, 1.807) is 29.6 Å². The first-order valence-corrected chi connectivity index (χ1v) is 11.4. The van der Waals surface area contributed by atoms with E-state index in [-0.39, 0.29) is 10.6 Å². The van der Waals surface area contributed by atoms with Crippen molar-refractivity contribution in [2.24, 2.45) is 0 Å². The Labute approximate surface area is 178 Å². The van der Waals surface area contributed by atoms with Crippen LogP contribution < -0.4 is 14.8 Å². The number of methoxy groups -OCH3 is 1. The summed E-state index contributed by atoms with van der Waals surface area (Å²) in [7, 11) is -2.37. The summed E-state index contributed by atoms with van der Waals surface area (Å²) >= 11 is 7.11.